The molecule has 1 heterocycles. The van der Waals surface area contributed by atoms with Crippen molar-refractivity contribution in [3.8, 4) is 17.4 Å². The van der Waals surface area contributed by atoms with Gasteiger partial charge in [0, 0.05) is 29.5 Å². The Kier molecular flexibility index (Phi) is 5.28. The van der Waals surface area contributed by atoms with Crippen LogP contribution in [-0.2, 0) is 4.79 Å². The number of carbonyl (C=O) groups is 1. The van der Waals surface area contributed by atoms with Crippen LogP contribution in [0.3, 0.4) is 0 Å². The maximum absolute atomic E-state index is 12.6. The van der Waals surface area contributed by atoms with Crippen molar-refractivity contribution in [3.63, 3.8) is 0 Å². The summed E-state index contributed by atoms with van der Waals surface area (Å²) in [7, 11) is 0. The molecule has 0 fully saturated rings. The summed E-state index contributed by atoms with van der Waals surface area (Å²) >= 11 is 0. The number of anilines is 1. The molecule has 1 aromatic heterocycles. The molecule has 7 nitrogen and oxygen atoms in total. The second kappa shape index (κ2) is 8.35. The molecule has 0 aliphatic carbocycles. The predicted octanol–water partition coefficient (Wildman–Crippen LogP) is 5.55. The molecule has 0 spiro atoms. The lowest BCUT2D eigenvalue weighted by Gasteiger charge is -2.05. The first-order chi connectivity index (χ1) is 15.0. The highest BCUT2D eigenvalue weighted by Gasteiger charge is 2.12. The molecule has 0 saturated carbocycles. The molecule has 4 aromatic rings. The summed E-state index contributed by atoms with van der Waals surface area (Å²) in [4.78, 5) is 22.8. The summed E-state index contributed by atoms with van der Waals surface area (Å²) in [6, 6.07) is 24.3. The maximum Gasteiger partial charge on any atom is 0.269 e. The summed E-state index contributed by atoms with van der Waals surface area (Å²) in [6.45, 7) is 0. The van der Waals surface area contributed by atoms with Gasteiger partial charge in [-0.1, -0.05) is 30.3 Å². The Bertz CT molecular complexity index is 1360. The van der Waals surface area contributed by atoms with Crippen molar-refractivity contribution in [3.05, 3.63) is 100 Å². The van der Waals surface area contributed by atoms with Crippen LogP contribution in [0.5, 0.6) is 0 Å². The van der Waals surface area contributed by atoms with Crippen molar-refractivity contribution in [2.24, 2.45) is 0 Å². The number of nitrogens with one attached hydrogen (secondary N) is 1. The number of non-ortho nitro benzene ring substituents is 1. The number of furan rings is 1. The van der Waals surface area contributed by atoms with Crippen molar-refractivity contribution in [1.82, 2.24) is 0 Å². The highest BCUT2D eigenvalue weighted by molar-refractivity contribution is 6.10. The van der Waals surface area contributed by atoms with E-state index in [0.717, 1.165) is 10.8 Å². The van der Waals surface area contributed by atoms with E-state index in [4.69, 9.17) is 4.42 Å². The zero-order chi connectivity index (χ0) is 21.8. The van der Waals surface area contributed by atoms with Crippen molar-refractivity contribution < 1.29 is 14.1 Å². The van der Waals surface area contributed by atoms with Crippen LogP contribution in [-0.4, -0.2) is 10.8 Å². The van der Waals surface area contributed by atoms with Gasteiger partial charge in [0.15, 0.2) is 0 Å². The van der Waals surface area contributed by atoms with Crippen LogP contribution in [0, 0.1) is 21.4 Å². The Morgan fingerprint density at radius 1 is 1.00 bits per heavy atom. The molecule has 3 aromatic carbocycles. The average molecular weight is 409 g/mol. The van der Waals surface area contributed by atoms with Gasteiger partial charge in [0.2, 0.25) is 0 Å². The zero-order valence-corrected chi connectivity index (χ0v) is 16.1. The molecular formula is C24H15N3O4. The number of nitro groups is 1. The molecule has 0 aliphatic heterocycles. The van der Waals surface area contributed by atoms with E-state index < -0.39 is 10.8 Å². The zero-order valence-electron chi connectivity index (χ0n) is 16.1. The van der Waals surface area contributed by atoms with Crippen LogP contribution >= 0.6 is 0 Å². The fraction of sp³-hybridized carbons (Fsp3) is 0. The number of nitrogens with zero attached hydrogens (tertiary/aromatic N) is 2. The SMILES string of the molecule is N#CC(=Cc1ccc(-c2ccc([N+](=O)[O-])cc2)o1)C(=O)Nc1ccc2ccccc2c1. The lowest BCUT2D eigenvalue weighted by molar-refractivity contribution is -0.384. The van der Waals surface area contributed by atoms with E-state index in [0.29, 0.717) is 22.8 Å². The fourth-order valence-corrected chi connectivity index (χ4v) is 3.09. The maximum atomic E-state index is 12.6. The molecule has 1 amide bonds. The lowest BCUT2D eigenvalue weighted by atomic mass is 10.1. The molecule has 0 aliphatic rings. The Morgan fingerprint density at radius 2 is 1.74 bits per heavy atom. The van der Waals surface area contributed by atoms with Gasteiger partial charge in [0.05, 0.1) is 4.92 Å². The molecule has 0 unspecified atom stereocenters. The molecule has 0 bridgehead atoms. The molecule has 31 heavy (non-hydrogen) atoms. The van der Waals surface area contributed by atoms with Gasteiger partial charge in [-0.2, -0.15) is 5.26 Å². The number of carbonyl (C=O) groups excluding carboxylic acids is 1. The number of hydrogen-bond acceptors (Lipinski definition) is 5. The molecule has 150 valence electrons. The summed E-state index contributed by atoms with van der Waals surface area (Å²) in [5.74, 6) is 0.234. The summed E-state index contributed by atoms with van der Waals surface area (Å²) in [5, 5.41) is 24.9. The number of benzene rings is 3. The summed E-state index contributed by atoms with van der Waals surface area (Å²) in [6.07, 6.45) is 1.35. The molecule has 0 saturated heterocycles. The van der Waals surface area contributed by atoms with Crippen LogP contribution in [0.25, 0.3) is 28.2 Å². The number of fused-ring (bicyclic) bond motifs is 1. The standard InChI is InChI=1S/C24H15N3O4/c25-15-19(24(28)26-20-8-5-16-3-1-2-4-18(16)13-20)14-22-11-12-23(31-22)17-6-9-21(10-7-17)27(29)30/h1-14H,(H,26,28). The average Bonchev–Trinajstić information content (AvgIpc) is 3.26. The van der Waals surface area contributed by atoms with Crippen LogP contribution in [0.15, 0.2) is 88.9 Å². The van der Waals surface area contributed by atoms with Crippen molar-refractivity contribution in [2.75, 3.05) is 5.32 Å². The highest BCUT2D eigenvalue weighted by atomic mass is 16.6. The van der Waals surface area contributed by atoms with Crippen molar-refractivity contribution in [1.29, 1.82) is 5.26 Å². The number of hydrogen-bond donors (Lipinski definition) is 1. The minimum atomic E-state index is -0.550. The Labute approximate surface area is 177 Å². The first-order valence-electron chi connectivity index (χ1n) is 9.30. The van der Waals surface area contributed by atoms with Gasteiger partial charge in [-0.15, -0.1) is 0 Å². The van der Waals surface area contributed by atoms with Gasteiger partial charge in [0.25, 0.3) is 11.6 Å². The molecule has 0 atom stereocenters. The highest BCUT2D eigenvalue weighted by Crippen LogP contribution is 2.26. The predicted molar refractivity (Wildman–Crippen MR) is 117 cm³/mol. The third-order valence-corrected chi connectivity index (χ3v) is 4.65. The smallest absolute Gasteiger partial charge is 0.269 e. The van der Waals surface area contributed by atoms with E-state index >= 15 is 0 Å². The quantitative estimate of drug-likeness (QED) is 0.201. The Morgan fingerprint density at radius 3 is 2.45 bits per heavy atom. The van der Waals surface area contributed by atoms with Crippen LogP contribution < -0.4 is 5.32 Å². The minimum Gasteiger partial charge on any atom is -0.457 e. The molecule has 7 heteroatoms. The van der Waals surface area contributed by atoms with Gasteiger partial charge < -0.3 is 9.73 Å². The Hall–Kier alpha value is -4.70. The van der Waals surface area contributed by atoms with Gasteiger partial charge in [-0.05, 0) is 47.2 Å². The third-order valence-electron chi connectivity index (χ3n) is 4.65. The second-order valence-electron chi connectivity index (χ2n) is 6.69. The molecule has 0 radical (unpaired) electrons. The van der Waals surface area contributed by atoms with Crippen LogP contribution in [0.4, 0.5) is 11.4 Å². The monoisotopic (exact) mass is 409 g/mol. The van der Waals surface area contributed by atoms with E-state index in [1.165, 1.54) is 18.2 Å². The molecule has 1 N–H and O–H groups in total. The van der Waals surface area contributed by atoms with E-state index in [9.17, 15) is 20.2 Å². The summed E-state index contributed by atoms with van der Waals surface area (Å²) < 4.78 is 5.68. The number of nitriles is 1. The number of amides is 1. The van der Waals surface area contributed by atoms with E-state index in [1.54, 1.807) is 30.3 Å². The van der Waals surface area contributed by atoms with Crippen LogP contribution in [0.2, 0.25) is 0 Å². The largest absolute Gasteiger partial charge is 0.457 e. The van der Waals surface area contributed by atoms with E-state index in [1.807, 2.05) is 42.5 Å². The van der Waals surface area contributed by atoms with E-state index in [-0.39, 0.29) is 11.3 Å². The van der Waals surface area contributed by atoms with Crippen LogP contribution in [0.1, 0.15) is 5.76 Å². The number of nitro benzene ring substituents is 1. The van der Waals surface area contributed by atoms with Gasteiger partial charge in [-0.3, -0.25) is 14.9 Å². The lowest BCUT2D eigenvalue weighted by Crippen LogP contribution is -2.13. The normalized spacial score (nSPS) is 11.1. The summed E-state index contributed by atoms with van der Waals surface area (Å²) in [5.41, 5.74) is 1.09. The van der Waals surface area contributed by atoms with Crippen molar-refractivity contribution in [2.45, 2.75) is 0 Å². The van der Waals surface area contributed by atoms with Gasteiger partial charge >= 0.3 is 0 Å². The molecular weight excluding hydrogens is 394 g/mol. The van der Waals surface area contributed by atoms with E-state index in [2.05, 4.69) is 5.32 Å². The second-order valence-corrected chi connectivity index (χ2v) is 6.69. The van der Waals surface area contributed by atoms with Crippen molar-refractivity contribution >= 4 is 34.1 Å². The topological polar surface area (TPSA) is 109 Å². The molecule has 4 rings (SSSR count). The minimum absolute atomic E-state index is 0.0208. The first kappa shape index (κ1) is 19.6. The van der Waals surface area contributed by atoms with Gasteiger partial charge in [0.1, 0.15) is 23.2 Å². The fourth-order valence-electron chi connectivity index (χ4n) is 3.09. The Balaban J connectivity index is 1.53. The third kappa shape index (κ3) is 4.33. The van der Waals surface area contributed by atoms with Gasteiger partial charge in [-0.25, -0.2) is 0 Å². The number of rotatable bonds is 5. The first-order valence-corrected chi connectivity index (χ1v) is 9.30.